The summed E-state index contributed by atoms with van der Waals surface area (Å²) in [5, 5.41) is 0. The molecule has 2 rings (SSSR count). The van der Waals surface area contributed by atoms with Crippen LogP contribution in [0.3, 0.4) is 0 Å². The minimum absolute atomic E-state index is 0.0177. The summed E-state index contributed by atoms with van der Waals surface area (Å²) in [4.78, 5) is 0. The van der Waals surface area contributed by atoms with E-state index in [-0.39, 0.29) is 22.0 Å². The van der Waals surface area contributed by atoms with E-state index in [0.29, 0.717) is 18.3 Å². The summed E-state index contributed by atoms with van der Waals surface area (Å²) in [6.07, 6.45) is 2.41. The van der Waals surface area contributed by atoms with Crippen molar-refractivity contribution in [2.24, 2.45) is 11.3 Å². The lowest BCUT2D eigenvalue weighted by molar-refractivity contribution is 0.281. The normalized spacial score (nSPS) is 17.2. The van der Waals surface area contributed by atoms with Crippen molar-refractivity contribution in [1.29, 1.82) is 0 Å². The highest BCUT2D eigenvalue weighted by molar-refractivity contribution is 7.98. The topological polar surface area (TPSA) is 21.3 Å². The van der Waals surface area contributed by atoms with Crippen LogP contribution in [0.4, 0.5) is 4.39 Å². The minimum atomic E-state index is -0.273. The van der Waals surface area contributed by atoms with Gasteiger partial charge in [0.05, 0.1) is 6.61 Å². The Labute approximate surface area is 144 Å². The number of nitrogens with one attached hydrogen (secondary N) is 1. The molecule has 4 heteroatoms. The molecule has 0 spiro atoms. The number of ether oxygens (including phenoxy) is 1. The molecular weight excluding hydrogens is 309 g/mol. The van der Waals surface area contributed by atoms with E-state index in [0.717, 1.165) is 5.56 Å². The molecule has 130 valence electrons. The Morgan fingerprint density at radius 1 is 1.22 bits per heavy atom. The lowest BCUT2D eigenvalue weighted by atomic mass is 9.83. The van der Waals surface area contributed by atoms with Crippen LogP contribution in [0.25, 0.3) is 0 Å². The molecule has 23 heavy (non-hydrogen) atoms. The monoisotopic (exact) mass is 339 g/mol. The Morgan fingerprint density at radius 3 is 2.39 bits per heavy atom. The van der Waals surface area contributed by atoms with Gasteiger partial charge >= 0.3 is 0 Å². The molecule has 0 heterocycles. The largest absolute Gasteiger partial charge is 0.490 e. The predicted molar refractivity (Wildman–Crippen MR) is 97.3 cm³/mol. The lowest BCUT2D eigenvalue weighted by Crippen LogP contribution is -2.31. The summed E-state index contributed by atoms with van der Waals surface area (Å²) in [5.74, 6) is 0.725. The van der Waals surface area contributed by atoms with Crippen molar-refractivity contribution in [1.82, 2.24) is 4.72 Å². The van der Waals surface area contributed by atoms with E-state index in [1.807, 2.05) is 12.1 Å². The van der Waals surface area contributed by atoms with E-state index in [4.69, 9.17) is 4.74 Å². The zero-order valence-corrected chi connectivity index (χ0v) is 16.0. The smallest absolute Gasteiger partial charge is 0.165 e. The van der Waals surface area contributed by atoms with Crippen LogP contribution in [0, 0.1) is 17.2 Å². The average Bonchev–Trinajstić information content (AvgIpc) is 3.20. The zero-order valence-electron chi connectivity index (χ0n) is 15.2. The van der Waals surface area contributed by atoms with Gasteiger partial charge in [0, 0.05) is 10.8 Å². The van der Waals surface area contributed by atoms with E-state index in [2.05, 4.69) is 46.3 Å². The quantitative estimate of drug-likeness (QED) is 0.668. The van der Waals surface area contributed by atoms with Gasteiger partial charge < -0.3 is 4.74 Å². The first kappa shape index (κ1) is 18.6. The fourth-order valence-electron chi connectivity index (χ4n) is 2.28. The van der Waals surface area contributed by atoms with Gasteiger partial charge in [-0.15, -0.1) is 0 Å². The second kappa shape index (κ2) is 7.02. The Hall–Kier alpha value is -0.740. The third-order valence-corrected chi connectivity index (χ3v) is 4.77. The lowest BCUT2D eigenvalue weighted by Gasteiger charge is -2.34. The summed E-state index contributed by atoms with van der Waals surface area (Å²) in [6.45, 7) is 13.8. The van der Waals surface area contributed by atoms with E-state index in [9.17, 15) is 4.39 Å². The van der Waals surface area contributed by atoms with E-state index >= 15 is 0 Å². The Kier molecular flexibility index (Phi) is 5.68. The highest BCUT2D eigenvalue weighted by Crippen LogP contribution is 2.38. The molecule has 1 aliphatic carbocycles. The van der Waals surface area contributed by atoms with Crippen molar-refractivity contribution in [2.75, 3.05) is 6.61 Å². The number of halogens is 1. The van der Waals surface area contributed by atoms with Crippen molar-refractivity contribution >= 4 is 11.9 Å². The predicted octanol–water partition coefficient (Wildman–Crippen LogP) is 5.74. The maximum absolute atomic E-state index is 14.0. The third kappa shape index (κ3) is 6.00. The first-order valence-corrected chi connectivity index (χ1v) is 9.24. The second-order valence-corrected chi connectivity index (χ2v) is 10.2. The van der Waals surface area contributed by atoms with Crippen molar-refractivity contribution in [3.05, 3.63) is 29.6 Å². The molecule has 0 amide bonds. The average molecular weight is 340 g/mol. The first-order valence-electron chi connectivity index (χ1n) is 8.42. The fourth-order valence-corrected chi connectivity index (χ4v) is 3.24. The zero-order chi connectivity index (χ0) is 17.3. The van der Waals surface area contributed by atoms with Crippen molar-refractivity contribution in [3.8, 4) is 5.75 Å². The maximum atomic E-state index is 14.0. The van der Waals surface area contributed by atoms with Gasteiger partial charge in [0.25, 0.3) is 0 Å². The van der Waals surface area contributed by atoms with Gasteiger partial charge in [-0.05, 0) is 62.6 Å². The van der Waals surface area contributed by atoms with Gasteiger partial charge in [-0.2, -0.15) is 0 Å². The molecule has 2 nitrogen and oxygen atoms in total. The first-order chi connectivity index (χ1) is 10.6. The Bertz CT molecular complexity index is 529. The van der Waals surface area contributed by atoms with Crippen LogP contribution in [-0.2, 0) is 0 Å². The number of hydrogen-bond acceptors (Lipinski definition) is 3. The summed E-state index contributed by atoms with van der Waals surface area (Å²) in [5.41, 5.74) is 1.09. The highest BCUT2D eigenvalue weighted by Gasteiger charge is 2.29. The molecule has 0 aliphatic heterocycles. The van der Waals surface area contributed by atoms with Gasteiger partial charge in [0.1, 0.15) is 0 Å². The number of rotatable bonds is 6. The number of hydrogen-bond donors (Lipinski definition) is 1. The van der Waals surface area contributed by atoms with Crippen molar-refractivity contribution < 1.29 is 9.13 Å². The van der Waals surface area contributed by atoms with Gasteiger partial charge in [-0.3, -0.25) is 4.72 Å². The van der Waals surface area contributed by atoms with E-state index < -0.39 is 0 Å². The van der Waals surface area contributed by atoms with E-state index in [1.165, 1.54) is 18.9 Å². The summed E-state index contributed by atoms with van der Waals surface area (Å²) >= 11 is 1.72. The van der Waals surface area contributed by atoms with Gasteiger partial charge in [0.15, 0.2) is 11.6 Å². The molecule has 1 N–H and O–H groups in total. The second-order valence-electron chi connectivity index (χ2n) is 8.58. The molecule has 0 bridgehead atoms. The van der Waals surface area contributed by atoms with Gasteiger partial charge in [-0.25, -0.2) is 4.39 Å². The molecule has 1 aliphatic rings. The summed E-state index contributed by atoms with van der Waals surface area (Å²) in [7, 11) is 0. The molecule has 1 fully saturated rings. The van der Waals surface area contributed by atoms with Crippen LogP contribution in [0.1, 0.15) is 66.0 Å². The van der Waals surface area contributed by atoms with Crippen LogP contribution in [0.5, 0.6) is 5.75 Å². The number of benzene rings is 1. The molecule has 1 unspecified atom stereocenters. The fraction of sp³-hybridized carbons (Fsp3) is 0.684. The molecule has 1 aromatic rings. The standard InChI is InChI=1S/C19H30FNOS/c1-18(2,3)17(21-23-19(4,5)6)14-9-10-15(20)16(11-14)22-12-13-7-8-13/h9-11,13,17,21H,7-8,12H2,1-6H3. The third-order valence-electron chi connectivity index (χ3n) is 3.81. The molecule has 1 saturated carbocycles. The summed E-state index contributed by atoms with van der Waals surface area (Å²) < 4.78 is 23.4. The molecule has 1 atom stereocenters. The van der Waals surface area contributed by atoms with Crippen LogP contribution in [0.2, 0.25) is 0 Å². The van der Waals surface area contributed by atoms with E-state index in [1.54, 1.807) is 11.9 Å². The summed E-state index contributed by atoms with van der Waals surface area (Å²) in [6, 6.07) is 5.38. The van der Waals surface area contributed by atoms with Crippen LogP contribution in [-0.4, -0.2) is 11.4 Å². The molecule has 0 aromatic heterocycles. The molecule has 1 aromatic carbocycles. The Morgan fingerprint density at radius 2 is 1.87 bits per heavy atom. The Balaban J connectivity index is 2.17. The van der Waals surface area contributed by atoms with Crippen LogP contribution < -0.4 is 9.46 Å². The molecular formula is C19H30FNOS. The molecule has 0 radical (unpaired) electrons. The van der Waals surface area contributed by atoms with Gasteiger partial charge in [-0.1, -0.05) is 38.8 Å². The minimum Gasteiger partial charge on any atom is -0.490 e. The highest BCUT2D eigenvalue weighted by atomic mass is 32.2. The van der Waals surface area contributed by atoms with Crippen molar-refractivity contribution in [2.45, 2.75) is 65.2 Å². The van der Waals surface area contributed by atoms with Gasteiger partial charge in [0.2, 0.25) is 0 Å². The SMILES string of the molecule is CC(C)(C)SNC(c1ccc(F)c(OCC2CC2)c1)C(C)(C)C. The van der Waals surface area contributed by atoms with Crippen LogP contribution >= 0.6 is 11.9 Å². The maximum Gasteiger partial charge on any atom is 0.165 e. The van der Waals surface area contributed by atoms with Crippen LogP contribution in [0.15, 0.2) is 18.2 Å². The van der Waals surface area contributed by atoms with Crippen molar-refractivity contribution in [3.63, 3.8) is 0 Å². The molecule has 0 saturated heterocycles.